The molecule has 3 fully saturated rings. The first-order chi connectivity index (χ1) is 23.8. The molecule has 0 radical (unpaired) electrons. The summed E-state index contributed by atoms with van der Waals surface area (Å²) < 4.78 is 33.3. The third-order valence-electron chi connectivity index (χ3n) is 10.5. The molecule has 4 bridgehead atoms. The van der Waals surface area contributed by atoms with Gasteiger partial charge in [-0.15, -0.1) is 6.58 Å². The molecule has 270 valence electrons. The molecule has 5 amide bonds. The van der Waals surface area contributed by atoms with Gasteiger partial charge in [0.25, 0.3) is 5.91 Å². The Labute approximate surface area is 293 Å². The van der Waals surface area contributed by atoms with Gasteiger partial charge in [-0.2, -0.15) is 0 Å². The van der Waals surface area contributed by atoms with Gasteiger partial charge in [0.05, 0.1) is 18.3 Å². The van der Waals surface area contributed by atoms with E-state index in [9.17, 15) is 32.4 Å². The van der Waals surface area contributed by atoms with Crippen LogP contribution < -0.4 is 15.4 Å². The number of nitrogens with zero attached hydrogens (tertiary/aromatic N) is 2. The van der Waals surface area contributed by atoms with Gasteiger partial charge in [-0.05, 0) is 61.1 Å². The van der Waals surface area contributed by atoms with E-state index in [0.29, 0.717) is 32.4 Å². The molecule has 3 heterocycles. The molecule has 5 atom stereocenters. The van der Waals surface area contributed by atoms with Crippen LogP contribution in [0.4, 0.5) is 4.79 Å². The topological polar surface area (TPSA) is 171 Å². The van der Waals surface area contributed by atoms with Crippen LogP contribution in [0.5, 0.6) is 0 Å². The van der Waals surface area contributed by atoms with Gasteiger partial charge in [0.1, 0.15) is 23.7 Å². The smallest absolute Gasteiger partial charge is 0.410 e. The molecule has 1 saturated heterocycles. The summed E-state index contributed by atoms with van der Waals surface area (Å²) in [6.45, 7) is 7.97. The van der Waals surface area contributed by atoms with Crippen molar-refractivity contribution in [3.8, 4) is 0 Å². The maximum atomic E-state index is 14.2. The number of fused-ring (bicyclic) bond motifs is 3. The maximum absolute atomic E-state index is 14.2. The van der Waals surface area contributed by atoms with E-state index in [-0.39, 0.29) is 37.6 Å². The number of carbonyl (C=O) groups excluding carboxylic acids is 5. The van der Waals surface area contributed by atoms with Gasteiger partial charge >= 0.3 is 6.09 Å². The van der Waals surface area contributed by atoms with Crippen LogP contribution >= 0.6 is 0 Å². The minimum absolute atomic E-state index is 0.0479. The van der Waals surface area contributed by atoms with Gasteiger partial charge in [-0.25, -0.2) is 13.2 Å². The molecule has 5 aliphatic rings. The van der Waals surface area contributed by atoms with Crippen LogP contribution in [-0.2, 0) is 47.0 Å². The van der Waals surface area contributed by atoms with Gasteiger partial charge in [-0.1, -0.05) is 56.7 Å². The second-order valence-corrected chi connectivity index (χ2v) is 16.5. The van der Waals surface area contributed by atoms with Gasteiger partial charge in [0.15, 0.2) is 0 Å². The largest absolute Gasteiger partial charge is 0.444 e. The molecule has 0 unspecified atom stereocenters. The van der Waals surface area contributed by atoms with Crippen LogP contribution in [0.2, 0.25) is 0 Å². The van der Waals surface area contributed by atoms with E-state index in [1.165, 1.54) is 11.0 Å². The predicted molar refractivity (Wildman–Crippen MR) is 184 cm³/mol. The summed E-state index contributed by atoms with van der Waals surface area (Å²) >= 11 is 0. The van der Waals surface area contributed by atoms with Crippen molar-refractivity contribution in [3.05, 3.63) is 53.6 Å². The number of carbonyl (C=O) groups is 5. The van der Waals surface area contributed by atoms with E-state index >= 15 is 0 Å². The first-order valence-electron chi connectivity index (χ1n) is 17.7. The number of ether oxygens (including phenoxy) is 1. The third-order valence-corrected chi connectivity index (χ3v) is 12.3. The Kier molecular flexibility index (Phi) is 10.1. The molecule has 14 heteroatoms. The highest BCUT2D eigenvalue weighted by Crippen LogP contribution is 2.45. The van der Waals surface area contributed by atoms with Crippen LogP contribution in [0.1, 0.15) is 88.3 Å². The fourth-order valence-corrected chi connectivity index (χ4v) is 8.58. The summed E-state index contributed by atoms with van der Waals surface area (Å²) in [6, 6.07) is 3.85. The van der Waals surface area contributed by atoms with Crippen LogP contribution in [0, 0.1) is 11.8 Å². The van der Waals surface area contributed by atoms with E-state index in [4.69, 9.17) is 4.74 Å². The number of hydrogen-bond donors (Lipinski definition) is 3. The van der Waals surface area contributed by atoms with Crippen molar-refractivity contribution >= 4 is 45.8 Å². The highest BCUT2D eigenvalue weighted by Gasteiger charge is 2.62. The molecule has 13 nitrogen and oxygen atoms in total. The number of nitrogens with one attached hydrogen (secondary N) is 3. The lowest BCUT2D eigenvalue weighted by Gasteiger charge is -2.31. The van der Waals surface area contributed by atoms with Gasteiger partial charge < -0.3 is 20.3 Å². The summed E-state index contributed by atoms with van der Waals surface area (Å²) in [5.74, 6) is -3.15. The van der Waals surface area contributed by atoms with Gasteiger partial charge in [-0.3, -0.25) is 28.8 Å². The standard InChI is InChI=1S/C36H47N5O8S/c1-4-25-18-36(25,34(45)39-50(47,48)27-15-16-27)38-32(43)29-17-26-20-41(29)33(44)31(22(2)3)37-30(42)14-9-7-5-6-8-11-23-12-10-13-24-19-40(21-28(23)24)35(46)49-26/h4,8,10-13,22,25-27,29,31H,1,5-7,9,14-21H2,2-3H3,(H,37,42)(H,38,43)(H,39,45)/t25-,26-,29+,31+,36-/m1/s1. The molecular formula is C36H47N5O8S. The van der Waals surface area contributed by atoms with Crippen molar-refractivity contribution in [2.24, 2.45) is 11.8 Å². The molecular weight excluding hydrogens is 662 g/mol. The fourth-order valence-electron chi connectivity index (χ4n) is 7.22. The molecule has 0 aromatic heterocycles. The Morgan fingerprint density at radius 3 is 2.60 bits per heavy atom. The van der Waals surface area contributed by atoms with Crippen molar-refractivity contribution in [1.29, 1.82) is 0 Å². The molecule has 3 aliphatic heterocycles. The predicted octanol–water partition coefficient (Wildman–Crippen LogP) is 2.90. The van der Waals surface area contributed by atoms with Crippen molar-refractivity contribution < 1.29 is 37.1 Å². The van der Waals surface area contributed by atoms with Crippen LogP contribution in [0.25, 0.3) is 6.08 Å². The molecule has 50 heavy (non-hydrogen) atoms. The first-order valence-corrected chi connectivity index (χ1v) is 19.2. The normalized spacial score (nSPS) is 28.9. The van der Waals surface area contributed by atoms with Crippen molar-refractivity contribution in [2.75, 3.05) is 6.54 Å². The fraction of sp³-hybridized carbons (Fsp3) is 0.583. The van der Waals surface area contributed by atoms with E-state index in [2.05, 4.69) is 34.1 Å². The average Bonchev–Trinajstić information content (AvgIpc) is 3.96. The van der Waals surface area contributed by atoms with Gasteiger partial charge in [0.2, 0.25) is 27.7 Å². The number of benzene rings is 1. The Morgan fingerprint density at radius 2 is 1.90 bits per heavy atom. The van der Waals surface area contributed by atoms with Crippen molar-refractivity contribution in [3.63, 3.8) is 0 Å². The first kappa shape index (κ1) is 35.6. The summed E-state index contributed by atoms with van der Waals surface area (Å²) in [4.78, 5) is 71.1. The lowest BCUT2D eigenvalue weighted by Crippen LogP contribution is -2.59. The zero-order valence-corrected chi connectivity index (χ0v) is 29.5. The van der Waals surface area contributed by atoms with E-state index in [1.807, 2.05) is 18.2 Å². The number of hydrogen-bond acceptors (Lipinski definition) is 8. The minimum atomic E-state index is -3.89. The van der Waals surface area contributed by atoms with Crippen LogP contribution in [-0.4, -0.2) is 83.5 Å². The van der Waals surface area contributed by atoms with Crippen LogP contribution in [0.15, 0.2) is 36.9 Å². The summed E-state index contributed by atoms with van der Waals surface area (Å²) in [6.07, 6.45) is 8.74. The lowest BCUT2D eigenvalue weighted by atomic mass is 10.0. The molecule has 3 N–H and O–H groups in total. The van der Waals surface area contributed by atoms with E-state index in [1.54, 1.807) is 18.7 Å². The summed E-state index contributed by atoms with van der Waals surface area (Å²) in [5, 5.41) is 4.98. The highest BCUT2D eigenvalue weighted by atomic mass is 32.2. The van der Waals surface area contributed by atoms with Crippen molar-refractivity contribution in [1.82, 2.24) is 25.2 Å². The van der Waals surface area contributed by atoms with Crippen LogP contribution in [0.3, 0.4) is 0 Å². The Morgan fingerprint density at radius 1 is 1.12 bits per heavy atom. The maximum Gasteiger partial charge on any atom is 0.410 e. The molecule has 2 aliphatic carbocycles. The molecule has 6 rings (SSSR count). The second-order valence-electron chi connectivity index (χ2n) is 14.6. The number of rotatable bonds is 7. The van der Waals surface area contributed by atoms with Crippen molar-refractivity contribution in [2.45, 2.75) is 114 Å². The Bertz CT molecular complexity index is 1710. The number of allylic oxidation sites excluding steroid dienone is 1. The lowest BCUT2D eigenvalue weighted by molar-refractivity contribution is -0.143. The second kappa shape index (κ2) is 14.2. The molecule has 0 spiro atoms. The molecule has 1 aromatic carbocycles. The summed E-state index contributed by atoms with van der Waals surface area (Å²) in [5.41, 5.74) is 1.54. The average molecular weight is 710 g/mol. The van der Waals surface area contributed by atoms with E-state index < -0.39 is 68.7 Å². The monoisotopic (exact) mass is 709 g/mol. The number of amides is 5. The zero-order valence-electron chi connectivity index (χ0n) is 28.7. The quantitative estimate of drug-likeness (QED) is 0.363. The molecule has 1 aromatic rings. The summed E-state index contributed by atoms with van der Waals surface area (Å²) in [7, 11) is -3.89. The SMILES string of the molecule is C=C[C@@H]1C[C@]1(NC(=O)[C@@H]1C[C@@H]2CN1C(=O)[C@H](C(C)C)NC(=O)CCCCCC=Cc1cccc3c1CN(C3)C(=O)O2)C(=O)NS(=O)(=O)C1CC1. The Balaban J connectivity index is 1.25. The zero-order chi connectivity index (χ0) is 35.8. The van der Waals surface area contributed by atoms with Gasteiger partial charge in [0, 0.05) is 25.3 Å². The Hall–Kier alpha value is -4.20. The third kappa shape index (κ3) is 7.45. The highest BCUT2D eigenvalue weighted by molar-refractivity contribution is 7.91. The van der Waals surface area contributed by atoms with E-state index in [0.717, 1.165) is 36.0 Å². The minimum Gasteiger partial charge on any atom is -0.444 e. The number of sulfonamides is 1. The molecule has 2 saturated carbocycles.